The molecule has 2 rings (SSSR count). The fourth-order valence-corrected chi connectivity index (χ4v) is 2.31. The second kappa shape index (κ2) is 6.52. The Balaban J connectivity index is 2.29. The Morgan fingerprint density at radius 1 is 1.10 bits per heavy atom. The van der Waals surface area contributed by atoms with Gasteiger partial charge in [0.05, 0.1) is 5.52 Å². The lowest BCUT2D eigenvalue weighted by Crippen LogP contribution is -2.28. The molecule has 2 N–H and O–H groups in total. The van der Waals surface area contributed by atoms with Gasteiger partial charge in [-0.3, -0.25) is 0 Å². The Bertz CT molecular complexity index is 567. The predicted octanol–water partition coefficient (Wildman–Crippen LogP) is 1.99. The molecule has 1 heterocycles. The SMILES string of the molecule is CCN(CCCN(C)C)c1nc(N)nc2ccccc12. The van der Waals surface area contributed by atoms with Gasteiger partial charge in [-0.2, -0.15) is 4.98 Å². The van der Waals surface area contributed by atoms with Crippen molar-refractivity contribution in [3.63, 3.8) is 0 Å². The average Bonchev–Trinajstić information content (AvgIpc) is 2.42. The van der Waals surface area contributed by atoms with Gasteiger partial charge in [0.2, 0.25) is 5.95 Å². The first kappa shape index (κ1) is 14.5. The highest BCUT2D eigenvalue weighted by Gasteiger charge is 2.12. The van der Waals surface area contributed by atoms with Crippen molar-refractivity contribution in [3.05, 3.63) is 24.3 Å². The molecule has 5 heteroatoms. The Morgan fingerprint density at radius 3 is 2.55 bits per heavy atom. The molecule has 0 aliphatic carbocycles. The molecule has 5 nitrogen and oxygen atoms in total. The average molecular weight is 273 g/mol. The van der Waals surface area contributed by atoms with Crippen LogP contribution in [-0.2, 0) is 0 Å². The maximum Gasteiger partial charge on any atom is 0.222 e. The molecular formula is C15H23N5. The molecule has 0 saturated heterocycles. The standard InChI is InChI=1S/C15H23N5/c1-4-20(11-7-10-19(2)3)14-12-8-5-6-9-13(12)17-15(16)18-14/h5-6,8-9H,4,7,10-11H2,1-3H3,(H2,16,17,18). The zero-order chi connectivity index (χ0) is 14.5. The Morgan fingerprint density at radius 2 is 1.85 bits per heavy atom. The zero-order valence-electron chi connectivity index (χ0n) is 12.5. The second-order valence-electron chi connectivity index (χ2n) is 5.16. The normalized spacial score (nSPS) is 11.2. The van der Waals surface area contributed by atoms with Crippen molar-refractivity contribution in [1.29, 1.82) is 0 Å². The van der Waals surface area contributed by atoms with Crippen LogP contribution >= 0.6 is 0 Å². The van der Waals surface area contributed by atoms with Crippen molar-refractivity contribution in [3.8, 4) is 0 Å². The Labute approximate surface area is 120 Å². The molecule has 1 aromatic carbocycles. The van der Waals surface area contributed by atoms with Crippen molar-refractivity contribution in [1.82, 2.24) is 14.9 Å². The van der Waals surface area contributed by atoms with E-state index in [4.69, 9.17) is 5.73 Å². The van der Waals surface area contributed by atoms with E-state index in [9.17, 15) is 0 Å². The predicted molar refractivity (Wildman–Crippen MR) is 85.0 cm³/mol. The number of hydrogen-bond donors (Lipinski definition) is 1. The summed E-state index contributed by atoms with van der Waals surface area (Å²) in [7, 11) is 4.18. The van der Waals surface area contributed by atoms with Crippen LogP contribution in [0.4, 0.5) is 11.8 Å². The lowest BCUT2D eigenvalue weighted by molar-refractivity contribution is 0.400. The highest BCUT2D eigenvalue weighted by atomic mass is 15.2. The van der Waals surface area contributed by atoms with E-state index in [1.165, 1.54) is 0 Å². The number of fused-ring (bicyclic) bond motifs is 1. The van der Waals surface area contributed by atoms with Crippen LogP contribution in [0.15, 0.2) is 24.3 Å². The molecule has 0 radical (unpaired) electrons. The minimum atomic E-state index is 0.338. The zero-order valence-corrected chi connectivity index (χ0v) is 12.5. The van der Waals surface area contributed by atoms with E-state index >= 15 is 0 Å². The maximum absolute atomic E-state index is 5.84. The largest absolute Gasteiger partial charge is 0.368 e. The first-order valence-corrected chi connectivity index (χ1v) is 7.03. The van der Waals surface area contributed by atoms with Crippen LogP contribution in [0, 0.1) is 0 Å². The van der Waals surface area contributed by atoms with Crippen molar-refractivity contribution < 1.29 is 0 Å². The first-order chi connectivity index (χ1) is 9.61. The van der Waals surface area contributed by atoms with Crippen LogP contribution < -0.4 is 10.6 Å². The van der Waals surface area contributed by atoms with Gasteiger partial charge < -0.3 is 15.5 Å². The Hall–Kier alpha value is -1.88. The van der Waals surface area contributed by atoms with Gasteiger partial charge in [-0.05, 0) is 46.1 Å². The summed E-state index contributed by atoms with van der Waals surface area (Å²) in [6, 6.07) is 8.02. The molecule has 0 unspecified atom stereocenters. The third kappa shape index (κ3) is 3.36. The Kier molecular flexibility index (Phi) is 4.74. The molecule has 0 aliphatic rings. The van der Waals surface area contributed by atoms with Gasteiger partial charge in [0.25, 0.3) is 0 Å². The number of aromatic nitrogens is 2. The third-order valence-corrected chi connectivity index (χ3v) is 3.32. The summed E-state index contributed by atoms with van der Waals surface area (Å²) < 4.78 is 0. The molecule has 0 spiro atoms. The molecule has 0 saturated carbocycles. The van der Waals surface area contributed by atoms with Crippen LogP contribution in [-0.4, -0.2) is 48.6 Å². The molecule has 0 bridgehead atoms. The van der Waals surface area contributed by atoms with E-state index in [0.29, 0.717) is 5.95 Å². The second-order valence-corrected chi connectivity index (χ2v) is 5.16. The van der Waals surface area contributed by atoms with E-state index in [-0.39, 0.29) is 0 Å². The topological polar surface area (TPSA) is 58.3 Å². The third-order valence-electron chi connectivity index (χ3n) is 3.32. The molecule has 0 atom stereocenters. The lowest BCUT2D eigenvalue weighted by atomic mass is 10.2. The van der Waals surface area contributed by atoms with E-state index < -0.39 is 0 Å². The number of anilines is 2. The monoisotopic (exact) mass is 273 g/mol. The summed E-state index contributed by atoms with van der Waals surface area (Å²) >= 11 is 0. The number of para-hydroxylation sites is 1. The van der Waals surface area contributed by atoms with Gasteiger partial charge in [0.1, 0.15) is 5.82 Å². The number of rotatable bonds is 6. The number of benzene rings is 1. The van der Waals surface area contributed by atoms with Crippen molar-refractivity contribution in [2.75, 3.05) is 44.4 Å². The van der Waals surface area contributed by atoms with Crippen LogP contribution in [0.2, 0.25) is 0 Å². The van der Waals surface area contributed by atoms with E-state index in [1.807, 2.05) is 18.2 Å². The molecule has 1 aromatic heterocycles. The van der Waals surface area contributed by atoms with E-state index in [2.05, 4.69) is 46.9 Å². The number of nitrogens with zero attached hydrogens (tertiary/aromatic N) is 4. The smallest absolute Gasteiger partial charge is 0.222 e. The van der Waals surface area contributed by atoms with Gasteiger partial charge in [-0.1, -0.05) is 12.1 Å². The van der Waals surface area contributed by atoms with E-state index in [0.717, 1.165) is 42.8 Å². The fraction of sp³-hybridized carbons (Fsp3) is 0.467. The van der Waals surface area contributed by atoms with Crippen molar-refractivity contribution >= 4 is 22.7 Å². The molecule has 108 valence electrons. The molecule has 0 amide bonds. The first-order valence-electron chi connectivity index (χ1n) is 7.03. The van der Waals surface area contributed by atoms with Gasteiger partial charge >= 0.3 is 0 Å². The number of nitrogen functional groups attached to an aromatic ring is 1. The molecular weight excluding hydrogens is 250 g/mol. The summed E-state index contributed by atoms with van der Waals surface area (Å²) in [6.07, 6.45) is 1.10. The van der Waals surface area contributed by atoms with Crippen molar-refractivity contribution in [2.45, 2.75) is 13.3 Å². The highest BCUT2D eigenvalue weighted by Crippen LogP contribution is 2.24. The molecule has 20 heavy (non-hydrogen) atoms. The molecule has 0 fully saturated rings. The summed E-state index contributed by atoms with van der Waals surface area (Å²) in [5.41, 5.74) is 6.74. The van der Waals surface area contributed by atoms with E-state index in [1.54, 1.807) is 0 Å². The summed E-state index contributed by atoms with van der Waals surface area (Å²) in [5, 5.41) is 1.06. The van der Waals surface area contributed by atoms with Crippen LogP contribution in [0.25, 0.3) is 10.9 Å². The van der Waals surface area contributed by atoms with Crippen molar-refractivity contribution in [2.24, 2.45) is 0 Å². The lowest BCUT2D eigenvalue weighted by Gasteiger charge is -2.24. The maximum atomic E-state index is 5.84. The van der Waals surface area contributed by atoms with Gasteiger partial charge in [-0.15, -0.1) is 0 Å². The minimum absolute atomic E-state index is 0.338. The number of nitrogens with two attached hydrogens (primary N) is 1. The van der Waals surface area contributed by atoms with Crippen LogP contribution in [0.3, 0.4) is 0 Å². The van der Waals surface area contributed by atoms with Gasteiger partial charge in [-0.25, -0.2) is 4.98 Å². The number of hydrogen-bond acceptors (Lipinski definition) is 5. The summed E-state index contributed by atoms with van der Waals surface area (Å²) in [5.74, 6) is 1.28. The van der Waals surface area contributed by atoms with Crippen LogP contribution in [0.1, 0.15) is 13.3 Å². The highest BCUT2D eigenvalue weighted by molar-refractivity contribution is 5.90. The summed E-state index contributed by atoms with van der Waals surface area (Å²) in [4.78, 5) is 13.2. The minimum Gasteiger partial charge on any atom is -0.368 e. The van der Waals surface area contributed by atoms with Crippen LogP contribution in [0.5, 0.6) is 0 Å². The molecule has 2 aromatic rings. The van der Waals surface area contributed by atoms with Gasteiger partial charge in [0, 0.05) is 18.5 Å². The quantitative estimate of drug-likeness (QED) is 0.872. The fourth-order valence-electron chi connectivity index (χ4n) is 2.31. The summed E-state index contributed by atoms with van der Waals surface area (Å²) in [6.45, 7) is 5.08. The van der Waals surface area contributed by atoms with Gasteiger partial charge in [0.15, 0.2) is 0 Å². The molecule has 0 aliphatic heterocycles.